The number of aryl methyl sites for hydroxylation is 1. The Kier molecular flexibility index (Phi) is 5.00. The first kappa shape index (κ1) is 19.4. The van der Waals surface area contributed by atoms with Gasteiger partial charge in [-0.3, -0.25) is 0 Å². The van der Waals surface area contributed by atoms with Gasteiger partial charge in [-0.15, -0.1) is 0 Å². The molecule has 144 valence electrons. The van der Waals surface area contributed by atoms with E-state index in [-0.39, 0.29) is 4.90 Å². The number of hydrogen-bond donors (Lipinski definition) is 1. The molecule has 0 saturated heterocycles. The van der Waals surface area contributed by atoms with Gasteiger partial charge >= 0.3 is 6.18 Å². The van der Waals surface area contributed by atoms with Crippen LogP contribution in [0.4, 0.5) is 13.2 Å². The number of alkyl halides is 3. The molecule has 0 bridgehead atoms. The standard InChI is InChI=1S/C18H18F3N3O2S/c1-3-24-16-11-13(18(19,20)21)9-10-15(16)22-17(24)12(2)23-27(25,26)14-7-5-4-6-8-14/h4-12,23H,3H2,1-2H3/t12-/m1/s1. The van der Waals surface area contributed by atoms with Gasteiger partial charge in [-0.25, -0.2) is 18.1 Å². The van der Waals surface area contributed by atoms with Gasteiger partial charge in [-0.2, -0.15) is 13.2 Å². The van der Waals surface area contributed by atoms with Gasteiger partial charge in [-0.1, -0.05) is 18.2 Å². The molecule has 3 rings (SSSR count). The van der Waals surface area contributed by atoms with Crippen molar-refractivity contribution in [1.29, 1.82) is 0 Å². The van der Waals surface area contributed by atoms with Crippen LogP contribution < -0.4 is 4.72 Å². The fraction of sp³-hybridized carbons (Fsp3) is 0.278. The number of imidazole rings is 1. The number of halogens is 3. The molecule has 27 heavy (non-hydrogen) atoms. The van der Waals surface area contributed by atoms with Gasteiger partial charge < -0.3 is 4.57 Å². The van der Waals surface area contributed by atoms with E-state index in [2.05, 4.69) is 9.71 Å². The topological polar surface area (TPSA) is 64.0 Å². The van der Waals surface area contributed by atoms with Crippen LogP contribution in [0.25, 0.3) is 11.0 Å². The maximum Gasteiger partial charge on any atom is 0.416 e. The lowest BCUT2D eigenvalue weighted by Gasteiger charge is -2.15. The lowest BCUT2D eigenvalue weighted by molar-refractivity contribution is -0.137. The Balaban J connectivity index is 2.01. The monoisotopic (exact) mass is 397 g/mol. The van der Waals surface area contributed by atoms with Gasteiger partial charge in [0.25, 0.3) is 0 Å². The van der Waals surface area contributed by atoms with E-state index < -0.39 is 27.8 Å². The fourth-order valence-corrected chi connectivity index (χ4v) is 4.16. The summed E-state index contributed by atoms with van der Waals surface area (Å²) in [7, 11) is -3.78. The van der Waals surface area contributed by atoms with E-state index in [1.165, 1.54) is 18.2 Å². The minimum Gasteiger partial charge on any atom is -0.327 e. The predicted molar refractivity (Wildman–Crippen MR) is 95.6 cm³/mol. The molecule has 0 aliphatic carbocycles. The maximum absolute atomic E-state index is 13.0. The molecule has 0 aliphatic rings. The summed E-state index contributed by atoms with van der Waals surface area (Å²) in [5.41, 5.74) is -0.0765. The van der Waals surface area contributed by atoms with Gasteiger partial charge in [0.2, 0.25) is 10.0 Å². The van der Waals surface area contributed by atoms with Crippen LogP contribution in [-0.4, -0.2) is 18.0 Å². The summed E-state index contributed by atoms with van der Waals surface area (Å²) in [4.78, 5) is 4.46. The summed E-state index contributed by atoms with van der Waals surface area (Å²) in [5.74, 6) is 0.353. The lowest BCUT2D eigenvalue weighted by Crippen LogP contribution is -2.28. The zero-order valence-corrected chi connectivity index (χ0v) is 15.5. The second kappa shape index (κ2) is 6.97. The lowest BCUT2D eigenvalue weighted by atomic mass is 10.2. The van der Waals surface area contributed by atoms with Crippen molar-refractivity contribution in [3.05, 3.63) is 59.9 Å². The van der Waals surface area contributed by atoms with Gasteiger partial charge in [0.05, 0.1) is 27.5 Å². The zero-order valence-electron chi connectivity index (χ0n) is 14.7. The summed E-state index contributed by atoms with van der Waals surface area (Å²) in [6.45, 7) is 3.73. The van der Waals surface area contributed by atoms with Crippen LogP contribution in [0.15, 0.2) is 53.4 Å². The van der Waals surface area contributed by atoms with Crippen molar-refractivity contribution in [2.75, 3.05) is 0 Å². The Hall–Kier alpha value is -2.39. The van der Waals surface area contributed by atoms with E-state index in [1.54, 1.807) is 36.6 Å². The Morgan fingerprint density at radius 3 is 2.41 bits per heavy atom. The molecule has 0 amide bonds. The molecule has 1 heterocycles. The van der Waals surface area contributed by atoms with Crippen LogP contribution in [0.2, 0.25) is 0 Å². The van der Waals surface area contributed by atoms with Crippen molar-refractivity contribution in [3.8, 4) is 0 Å². The van der Waals surface area contributed by atoms with Crippen LogP contribution in [0, 0.1) is 0 Å². The van der Waals surface area contributed by atoms with E-state index >= 15 is 0 Å². The van der Waals surface area contributed by atoms with Crippen LogP contribution in [0.3, 0.4) is 0 Å². The van der Waals surface area contributed by atoms with Crippen molar-refractivity contribution in [2.45, 2.75) is 37.5 Å². The number of fused-ring (bicyclic) bond motifs is 1. The van der Waals surface area contributed by atoms with E-state index in [4.69, 9.17) is 0 Å². The molecule has 1 aromatic heterocycles. The zero-order chi connectivity index (χ0) is 19.8. The molecule has 0 spiro atoms. The summed E-state index contributed by atoms with van der Waals surface area (Å²) in [5, 5.41) is 0. The number of hydrogen-bond acceptors (Lipinski definition) is 3. The minimum absolute atomic E-state index is 0.107. The van der Waals surface area contributed by atoms with Gasteiger partial charge in [0.1, 0.15) is 5.82 Å². The SMILES string of the molecule is CCn1c([C@@H](C)NS(=O)(=O)c2ccccc2)nc2ccc(C(F)(F)F)cc21. The molecule has 0 radical (unpaired) electrons. The molecule has 1 atom stereocenters. The average molecular weight is 397 g/mol. The number of sulfonamides is 1. The van der Waals surface area contributed by atoms with Crippen molar-refractivity contribution < 1.29 is 21.6 Å². The molecule has 2 aromatic carbocycles. The quantitative estimate of drug-likeness (QED) is 0.705. The number of nitrogens with one attached hydrogen (secondary N) is 1. The second-order valence-corrected chi connectivity index (χ2v) is 7.79. The minimum atomic E-state index is -4.46. The maximum atomic E-state index is 13.0. The molecular formula is C18H18F3N3O2S. The Morgan fingerprint density at radius 2 is 1.81 bits per heavy atom. The van der Waals surface area contributed by atoms with Crippen LogP contribution in [0.5, 0.6) is 0 Å². The van der Waals surface area contributed by atoms with Gasteiger partial charge in [0.15, 0.2) is 0 Å². The highest BCUT2D eigenvalue weighted by molar-refractivity contribution is 7.89. The highest BCUT2D eigenvalue weighted by atomic mass is 32.2. The number of aromatic nitrogens is 2. The first-order valence-electron chi connectivity index (χ1n) is 8.28. The molecule has 5 nitrogen and oxygen atoms in total. The molecule has 0 saturated carbocycles. The largest absolute Gasteiger partial charge is 0.416 e. The molecule has 0 unspecified atom stereocenters. The molecule has 0 fully saturated rings. The van der Waals surface area contributed by atoms with Crippen LogP contribution >= 0.6 is 0 Å². The fourth-order valence-electron chi connectivity index (χ4n) is 2.93. The molecule has 1 N–H and O–H groups in total. The van der Waals surface area contributed by atoms with E-state index in [0.717, 1.165) is 12.1 Å². The van der Waals surface area contributed by atoms with E-state index in [9.17, 15) is 21.6 Å². The average Bonchev–Trinajstić information content (AvgIpc) is 2.99. The molecule has 3 aromatic rings. The second-order valence-electron chi connectivity index (χ2n) is 6.07. The van der Waals surface area contributed by atoms with E-state index in [1.807, 2.05) is 0 Å². The summed E-state index contributed by atoms with van der Waals surface area (Å²) in [6, 6.07) is 10.4. The molecule has 0 aliphatic heterocycles. The highest BCUT2D eigenvalue weighted by Crippen LogP contribution is 2.32. The summed E-state index contributed by atoms with van der Waals surface area (Å²) >= 11 is 0. The van der Waals surface area contributed by atoms with Crippen molar-refractivity contribution >= 4 is 21.1 Å². The molecule has 9 heteroatoms. The third kappa shape index (κ3) is 3.84. The molecular weight excluding hydrogens is 379 g/mol. The predicted octanol–water partition coefficient (Wildman–Crippen LogP) is 4.11. The third-order valence-electron chi connectivity index (χ3n) is 4.19. The van der Waals surface area contributed by atoms with Crippen molar-refractivity contribution in [1.82, 2.24) is 14.3 Å². The van der Waals surface area contributed by atoms with Crippen molar-refractivity contribution in [2.24, 2.45) is 0 Å². The Bertz CT molecular complexity index is 1060. The Labute approximate surface area is 154 Å². The van der Waals surface area contributed by atoms with Crippen LogP contribution in [-0.2, 0) is 22.7 Å². The normalized spacial score (nSPS) is 13.8. The third-order valence-corrected chi connectivity index (χ3v) is 5.75. The number of rotatable bonds is 5. The number of nitrogens with zero attached hydrogens (tertiary/aromatic N) is 2. The number of benzene rings is 2. The first-order valence-corrected chi connectivity index (χ1v) is 9.76. The first-order chi connectivity index (χ1) is 12.6. The summed E-state index contributed by atoms with van der Waals surface area (Å²) in [6.07, 6.45) is -4.46. The summed E-state index contributed by atoms with van der Waals surface area (Å²) < 4.78 is 68.2. The van der Waals surface area contributed by atoms with Crippen LogP contribution in [0.1, 0.15) is 31.3 Å². The van der Waals surface area contributed by atoms with E-state index in [0.29, 0.717) is 23.4 Å². The smallest absolute Gasteiger partial charge is 0.327 e. The highest BCUT2D eigenvalue weighted by Gasteiger charge is 2.31. The van der Waals surface area contributed by atoms with Gasteiger partial charge in [-0.05, 0) is 44.2 Å². The van der Waals surface area contributed by atoms with Gasteiger partial charge in [0, 0.05) is 6.54 Å². The van der Waals surface area contributed by atoms with Crippen molar-refractivity contribution in [3.63, 3.8) is 0 Å². The Morgan fingerprint density at radius 1 is 1.15 bits per heavy atom.